The Morgan fingerprint density at radius 1 is 1.31 bits per heavy atom. The molecule has 16 heavy (non-hydrogen) atoms. The largest absolute Gasteiger partial charge is 0.481 e. The summed E-state index contributed by atoms with van der Waals surface area (Å²) in [4.78, 5) is 8.43. The highest BCUT2D eigenvalue weighted by Crippen LogP contribution is 2.19. The predicted molar refractivity (Wildman–Crippen MR) is 65.9 cm³/mol. The molecule has 0 bridgehead atoms. The maximum Gasteiger partial charge on any atom is 0.218 e. The van der Waals surface area contributed by atoms with Crippen molar-refractivity contribution in [2.45, 2.75) is 34.1 Å². The molecule has 4 heteroatoms. The smallest absolute Gasteiger partial charge is 0.218 e. The van der Waals surface area contributed by atoms with E-state index in [2.05, 4.69) is 36.1 Å². The highest BCUT2D eigenvalue weighted by atomic mass is 16.5. The minimum Gasteiger partial charge on any atom is -0.481 e. The number of aromatic nitrogens is 2. The van der Waals surface area contributed by atoms with Crippen LogP contribution in [-0.4, -0.2) is 23.6 Å². The van der Waals surface area contributed by atoms with Crippen LogP contribution in [0.2, 0.25) is 0 Å². The fraction of sp³-hybridized carbons (Fsp3) is 0.667. The molecule has 0 saturated carbocycles. The number of nitrogens with one attached hydrogen (secondary N) is 1. The Morgan fingerprint density at radius 2 is 2.00 bits per heavy atom. The van der Waals surface area contributed by atoms with Gasteiger partial charge in [0.2, 0.25) is 5.88 Å². The molecule has 0 spiro atoms. The van der Waals surface area contributed by atoms with Gasteiger partial charge in [-0.05, 0) is 18.8 Å². The van der Waals surface area contributed by atoms with Gasteiger partial charge in [0.1, 0.15) is 11.6 Å². The third-order valence-electron chi connectivity index (χ3n) is 2.20. The van der Waals surface area contributed by atoms with E-state index in [1.165, 1.54) is 0 Å². The Kier molecular flexibility index (Phi) is 4.10. The van der Waals surface area contributed by atoms with Gasteiger partial charge in [-0.15, -0.1) is 0 Å². The molecular weight excluding hydrogens is 202 g/mol. The second kappa shape index (κ2) is 5.14. The van der Waals surface area contributed by atoms with E-state index < -0.39 is 0 Å². The minimum absolute atomic E-state index is 0.333. The van der Waals surface area contributed by atoms with Gasteiger partial charge < -0.3 is 10.1 Å². The third kappa shape index (κ3) is 4.47. The topological polar surface area (TPSA) is 47.0 Å². The van der Waals surface area contributed by atoms with E-state index in [0.29, 0.717) is 11.3 Å². The van der Waals surface area contributed by atoms with E-state index in [1.54, 1.807) is 7.11 Å². The summed E-state index contributed by atoms with van der Waals surface area (Å²) in [6, 6.07) is 1.82. The lowest BCUT2D eigenvalue weighted by molar-refractivity contribution is 0.388. The maximum absolute atomic E-state index is 5.09. The van der Waals surface area contributed by atoms with E-state index in [0.717, 1.165) is 24.6 Å². The molecule has 1 rings (SSSR count). The molecule has 0 aromatic carbocycles. The average molecular weight is 223 g/mol. The molecule has 0 saturated heterocycles. The Hall–Kier alpha value is -1.32. The van der Waals surface area contributed by atoms with Gasteiger partial charge in [-0.1, -0.05) is 20.8 Å². The Morgan fingerprint density at radius 3 is 2.56 bits per heavy atom. The Balaban J connectivity index is 2.57. The SMILES string of the molecule is COc1cc(NCCC(C)(C)C)nc(C)n1. The van der Waals surface area contributed by atoms with Crippen molar-refractivity contribution in [2.75, 3.05) is 19.0 Å². The molecule has 0 amide bonds. The fourth-order valence-corrected chi connectivity index (χ4v) is 1.30. The van der Waals surface area contributed by atoms with E-state index in [1.807, 2.05) is 13.0 Å². The molecule has 1 N–H and O–H groups in total. The zero-order valence-electron chi connectivity index (χ0n) is 10.8. The molecule has 0 aliphatic carbocycles. The number of hydrogen-bond acceptors (Lipinski definition) is 4. The maximum atomic E-state index is 5.09. The predicted octanol–water partition coefficient (Wildman–Crippen LogP) is 2.64. The van der Waals surface area contributed by atoms with Crippen molar-refractivity contribution in [1.82, 2.24) is 9.97 Å². The summed E-state index contributed by atoms with van der Waals surface area (Å²) in [7, 11) is 1.61. The van der Waals surface area contributed by atoms with Gasteiger partial charge in [0.25, 0.3) is 0 Å². The monoisotopic (exact) mass is 223 g/mol. The van der Waals surface area contributed by atoms with E-state index in [4.69, 9.17) is 4.74 Å². The average Bonchev–Trinajstić information content (AvgIpc) is 2.14. The van der Waals surface area contributed by atoms with Crippen molar-refractivity contribution < 1.29 is 4.74 Å². The molecule has 4 nitrogen and oxygen atoms in total. The van der Waals surface area contributed by atoms with Crippen molar-refractivity contribution in [3.63, 3.8) is 0 Å². The molecule has 0 unspecified atom stereocenters. The summed E-state index contributed by atoms with van der Waals surface area (Å²) >= 11 is 0. The van der Waals surface area contributed by atoms with Crippen molar-refractivity contribution in [3.05, 3.63) is 11.9 Å². The first-order valence-corrected chi connectivity index (χ1v) is 5.54. The van der Waals surface area contributed by atoms with Gasteiger partial charge in [0, 0.05) is 12.6 Å². The summed E-state index contributed by atoms with van der Waals surface area (Å²) in [5.74, 6) is 2.15. The lowest BCUT2D eigenvalue weighted by atomic mass is 9.92. The van der Waals surface area contributed by atoms with Crippen LogP contribution in [0.3, 0.4) is 0 Å². The molecule has 0 aliphatic heterocycles. The first-order valence-electron chi connectivity index (χ1n) is 5.54. The van der Waals surface area contributed by atoms with Crippen LogP contribution in [-0.2, 0) is 0 Å². The van der Waals surface area contributed by atoms with Gasteiger partial charge in [0.15, 0.2) is 0 Å². The highest BCUT2D eigenvalue weighted by molar-refractivity contribution is 5.38. The molecule has 90 valence electrons. The summed E-state index contributed by atoms with van der Waals surface area (Å²) < 4.78 is 5.09. The van der Waals surface area contributed by atoms with Crippen molar-refractivity contribution in [2.24, 2.45) is 5.41 Å². The fourth-order valence-electron chi connectivity index (χ4n) is 1.30. The molecule has 1 aromatic rings. The number of ether oxygens (including phenoxy) is 1. The molecule has 0 aliphatic rings. The molecule has 1 heterocycles. The van der Waals surface area contributed by atoms with Gasteiger partial charge in [-0.25, -0.2) is 4.98 Å². The first kappa shape index (κ1) is 12.7. The molecule has 0 radical (unpaired) electrons. The van der Waals surface area contributed by atoms with Crippen molar-refractivity contribution in [3.8, 4) is 5.88 Å². The minimum atomic E-state index is 0.333. The van der Waals surface area contributed by atoms with Crippen LogP contribution < -0.4 is 10.1 Å². The molecular formula is C12H21N3O. The number of nitrogens with zero attached hydrogens (tertiary/aromatic N) is 2. The summed E-state index contributed by atoms with van der Waals surface area (Å²) in [5.41, 5.74) is 0.333. The van der Waals surface area contributed by atoms with Crippen LogP contribution in [0.15, 0.2) is 6.07 Å². The second-order valence-electron chi connectivity index (χ2n) is 5.08. The Labute approximate surface area is 97.5 Å². The van der Waals surface area contributed by atoms with Gasteiger partial charge in [-0.2, -0.15) is 4.98 Å². The third-order valence-corrected chi connectivity index (χ3v) is 2.20. The normalized spacial score (nSPS) is 11.3. The molecule has 0 fully saturated rings. The van der Waals surface area contributed by atoms with Gasteiger partial charge in [0.05, 0.1) is 7.11 Å². The van der Waals surface area contributed by atoms with Crippen LogP contribution in [0, 0.1) is 12.3 Å². The number of aryl methyl sites for hydroxylation is 1. The quantitative estimate of drug-likeness (QED) is 0.852. The number of methoxy groups -OCH3 is 1. The summed E-state index contributed by atoms with van der Waals surface area (Å²) in [5, 5.41) is 3.29. The summed E-state index contributed by atoms with van der Waals surface area (Å²) in [6.07, 6.45) is 1.10. The number of anilines is 1. The highest BCUT2D eigenvalue weighted by Gasteiger charge is 2.09. The zero-order valence-corrected chi connectivity index (χ0v) is 10.8. The van der Waals surface area contributed by atoms with Crippen LogP contribution in [0.4, 0.5) is 5.82 Å². The van der Waals surface area contributed by atoms with Crippen molar-refractivity contribution >= 4 is 5.82 Å². The standard InChI is InChI=1S/C12H21N3O/c1-9-14-10(8-11(15-9)16-5)13-7-6-12(2,3)4/h8H,6-7H2,1-5H3,(H,13,14,15). The first-order chi connectivity index (χ1) is 7.40. The van der Waals surface area contributed by atoms with Crippen LogP contribution in [0.5, 0.6) is 5.88 Å². The lowest BCUT2D eigenvalue weighted by Gasteiger charge is -2.18. The van der Waals surface area contributed by atoms with Crippen molar-refractivity contribution in [1.29, 1.82) is 0 Å². The molecule has 1 aromatic heterocycles. The van der Waals surface area contributed by atoms with Gasteiger partial charge in [-0.3, -0.25) is 0 Å². The molecule has 0 atom stereocenters. The van der Waals surface area contributed by atoms with E-state index >= 15 is 0 Å². The lowest BCUT2D eigenvalue weighted by Crippen LogP contribution is -2.13. The van der Waals surface area contributed by atoms with Crippen LogP contribution >= 0.6 is 0 Å². The number of rotatable bonds is 4. The van der Waals surface area contributed by atoms with Crippen LogP contribution in [0.1, 0.15) is 33.0 Å². The van der Waals surface area contributed by atoms with Gasteiger partial charge >= 0.3 is 0 Å². The zero-order chi connectivity index (χ0) is 12.2. The number of hydrogen-bond donors (Lipinski definition) is 1. The van der Waals surface area contributed by atoms with Crippen LogP contribution in [0.25, 0.3) is 0 Å². The second-order valence-corrected chi connectivity index (χ2v) is 5.08. The summed E-state index contributed by atoms with van der Waals surface area (Å²) in [6.45, 7) is 9.43. The van der Waals surface area contributed by atoms with E-state index in [9.17, 15) is 0 Å². The van der Waals surface area contributed by atoms with E-state index in [-0.39, 0.29) is 0 Å². The Bertz CT molecular complexity index is 345.